The second-order valence-electron chi connectivity index (χ2n) is 2.65. The second-order valence-corrected chi connectivity index (χ2v) is 6.21. The highest BCUT2D eigenvalue weighted by molar-refractivity contribution is 8.01. The van der Waals surface area contributed by atoms with E-state index in [0.29, 0.717) is 16.8 Å². The monoisotopic (exact) mass is 192 g/mol. The summed E-state index contributed by atoms with van der Waals surface area (Å²) in [4.78, 5) is 0. The maximum absolute atomic E-state index is 11.0. The van der Waals surface area contributed by atoms with E-state index in [9.17, 15) is 8.42 Å². The molecule has 1 aliphatic heterocycles. The van der Waals surface area contributed by atoms with Gasteiger partial charge in [0.15, 0.2) is 9.84 Å². The minimum Gasteiger partial charge on any atom is -0.229 e. The van der Waals surface area contributed by atoms with Gasteiger partial charge in [0.05, 0.1) is 11.5 Å². The van der Waals surface area contributed by atoms with Crippen molar-refractivity contribution >= 4 is 21.6 Å². The highest BCUT2D eigenvalue weighted by atomic mass is 32.2. The molecule has 0 spiro atoms. The number of hydrogen-bond acceptors (Lipinski definition) is 3. The van der Waals surface area contributed by atoms with Crippen molar-refractivity contribution in [2.75, 3.05) is 17.3 Å². The van der Waals surface area contributed by atoms with E-state index in [1.807, 2.05) is 6.08 Å². The van der Waals surface area contributed by atoms with Crippen molar-refractivity contribution in [3.8, 4) is 0 Å². The molecule has 4 heteroatoms. The molecule has 11 heavy (non-hydrogen) atoms. The molecule has 2 nitrogen and oxygen atoms in total. The second kappa shape index (κ2) is 3.63. The Bertz CT molecular complexity index is 231. The van der Waals surface area contributed by atoms with E-state index in [1.54, 1.807) is 11.8 Å². The quantitative estimate of drug-likeness (QED) is 0.628. The average Bonchev–Trinajstić information content (AvgIpc) is 2.26. The first kappa shape index (κ1) is 9.13. The largest absolute Gasteiger partial charge is 0.229 e. The van der Waals surface area contributed by atoms with E-state index in [4.69, 9.17) is 0 Å². The van der Waals surface area contributed by atoms with Crippen molar-refractivity contribution in [1.82, 2.24) is 0 Å². The van der Waals surface area contributed by atoms with Gasteiger partial charge in [-0.1, -0.05) is 6.08 Å². The van der Waals surface area contributed by atoms with Gasteiger partial charge in [-0.05, 0) is 6.42 Å². The molecule has 1 fully saturated rings. The molecule has 1 rings (SSSR count). The van der Waals surface area contributed by atoms with Gasteiger partial charge < -0.3 is 0 Å². The van der Waals surface area contributed by atoms with Gasteiger partial charge in [-0.3, -0.25) is 0 Å². The smallest absolute Gasteiger partial charge is 0.151 e. The third-order valence-corrected chi connectivity index (χ3v) is 4.92. The minimum absolute atomic E-state index is 0.318. The summed E-state index contributed by atoms with van der Waals surface area (Å²) in [5.74, 6) is 1.60. The summed E-state index contributed by atoms with van der Waals surface area (Å²) in [5, 5.41) is 0.318. The van der Waals surface area contributed by atoms with Crippen LogP contribution in [0.4, 0.5) is 0 Å². The summed E-state index contributed by atoms with van der Waals surface area (Å²) >= 11 is 1.69. The van der Waals surface area contributed by atoms with Crippen LogP contribution in [0.15, 0.2) is 12.7 Å². The highest BCUT2D eigenvalue weighted by Gasteiger charge is 2.27. The number of rotatable bonds is 3. The first-order chi connectivity index (χ1) is 5.14. The first-order valence-corrected chi connectivity index (χ1v) is 6.44. The zero-order chi connectivity index (χ0) is 8.32. The maximum atomic E-state index is 11.0. The zero-order valence-corrected chi connectivity index (χ0v) is 7.96. The van der Waals surface area contributed by atoms with Crippen LogP contribution in [-0.2, 0) is 9.84 Å². The van der Waals surface area contributed by atoms with Crippen molar-refractivity contribution in [1.29, 1.82) is 0 Å². The first-order valence-electron chi connectivity index (χ1n) is 3.57. The molecule has 64 valence electrons. The molecule has 0 radical (unpaired) electrons. The fourth-order valence-corrected chi connectivity index (χ4v) is 4.49. The predicted molar refractivity (Wildman–Crippen MR) is 49.7 cm³/mol. The lowest BCUT2D eigenvalue weighted by Crippen LogP contribution is -2.06. The van der Waals surface area contributed by atoms with Crippen LogP contribution in [0.25, 0.3) is 0 Å². The van der Waals surface area contributed by atoms with Gasteiger partial charge in [0.25, 0.3) is 0 Å². The number of sulfone groups is 1. The molecule has 1 aliphatic rings. The van der Waals surface area contributed by atoms with Gasteiger partial charge in [-0.25, -0.2) is 8.42 Å². The van der Waals surface area contributed by atoms with Crippen LogP contribution in [0, 0.1) is 0 Å². The van der Waals surface area contributed by atoms with Gasteiger partial charge in [0.1, 0.15) is 0 Å². The SMILES string of the molecule is C=CCS[C@@H]1CCS(=O)(=O)C1. The summed E-state index contributed by atoms with van der Waals surface area (Å²) in [6.07, 6.45) is 2.64. The summed E-state index contributed by atoms with van der Waals surface area (Å²) in [7, 11) is -2.68. The third-order valence-electron chi connectivity index (χ3n) is 1.64. The average molecular weight is 192 g/mol. The molecule has 1 atom stereocenters. The summed E-state index contributed by atoms with van der Waals surface area (Å²) < 4.78 is 21.9. The van der Waals surface area contributed by atoms with E-state index >= 15 is 0 Å². The Morgan fingerprint density at radius 3 is 2.82 bits per heavy atom. The van der Waals surface area contributed by atoms with Crippen LogP contribution in [0.1, 0.15) is 6.42 Å². The molecule has 1 heterocycles. The topological polar surface area (TPSA) is 34.1 Å². The summed E-state index contributed by atoms with van der Waals surface area (Å²) in [5.41, 5.74) is 0. The molecule has 1 saturated heterocycles. The van der Waals surface area contributed by atoms with E-state index in [1.165, 1.54) is 0 Å². The van der Waals surface area contributed by atoms with Crippen LogP contribution in [-0.4, -0.2) is 30.9 Å². The molecule has 0 aromatic carbocycles. The number of hydrogen-bond donors (Lipinski definition) is 0. The molecule has 0 aromatic heterocycles. The van der Waals surface area contributed by atoms with Gasteiger partial charge in [0, 0.05) is 11.0 Å². The minimum atomic E-state index is -2.68. The molecule has 0 aliphatic carbocycles. The van der Waals surface area contributed by atoms with E-state index in [2.05, 4.69) is 6.58 Å². The van der Waals surface area contributed by atoms with Crippen LogP contribution >= 0.6 is 11.8 Å². The van der Waals surface area contributed by atoms with Crippen LogP contribution in [0.2, 0.25) is 0 Å². The molecule has 0 aromatic rings. The molecule has 0 unspecified atom stereocenters. The lowest BCUT2D eigenvalue weighted by atomic mass is 10.4. The Morgan fingerprint density at radius 2 is 2.36 bits per heavy atom. The fraction of sp³-hybridized carbons (Fsp3) is 0.714. The van der Waals surface area contributed by atoms with E-state index < -0.39 is 9.84 Å². The van der Waals surface area contributed by atoms with E-state index in [-0.39, 0.29) is 0 Å². The Kier molecular flexibility index (Phi) is 3.01. The van der Waals surface area contributed by atoms with Crippen molar-refractivity contribution in [2.45, 2.75) is 11.7 Å². The van der Waals surface area contributed by atoms with Crippen molar-refractivity contribution in [3.63, 3.8) is 0 Å². The molecule has 0 amide bonds. The van der Waals surface area contributed by atoms with Gasteiger partial charge in [0.2, 0.25) is 0 Å². The Balaban J connectivity index is 2.36. The third kappa shape index (κ3) is 2.87. The number of thioether (sulfide) groups is 1. The van der Waals surface area contributed by atoms with Crippen LogP contribution in [0.5, 0.6) is 0 Å². The lowest BCUT2D eigenvalue weighted by Gasteiger charge is -2.02. The Labute approximate surface area is 72.0 Å². The van der Waals surface area contributed by atoms with Crippen molar-refractivity contribution in [2.24, 2.45) is 0 Å². The fourth-order valence-electron chi connectivity index (χ4n) is 1.10. The van der Waals surface area contributed by atoms with E-state index in [0.717, 1.165) is 12.2 Å². The normalized spacial score (nSPS) is 28.5. The standard InChI is InChI=1S/C7H12O2S2/c1-2-4-10-7-3-5-11(8,9)6-7/h2,7H,1,3-6H2/t7-/m1/s1. The Hall–Kier alpha value is 0.0400. The van der Waals surface area contributed by atoms with Crippen LogP contribution in [0.3, 0.4) is 0 Å². The molecule has 0 bridgehead atoms. The molecular formula is C7H12O2S2. The maximum Gasteiger partial charge on any atom is 0.151 e. The van der Waals surface area contributed by atoms with Gasteiger partial charge >= 0.3 is 0 Å². The Morgan fingerprint density at radius 1 is 1.64 bits per heavy atom. The molecule has 0 saturated carbocycles. The predicted octanol–water partition coefficient (Wildman–Crippen LogP) is 1.09. The van der Waals surface area contributed by atoms with Crippen molar-refractivity contribution in [3.05, 3.63) is 12.7 Å². The van der Waals surface area contributed by atoms with Gasteiger partial charge in [-0.15, -0.1) is 6.58 Å². The summed E-state index contributed by atoms with van der Waals surface area (Å²) in [6, 6.07) is 0. The zero-order valence-electron chi connectivity index (χ0n) is 6.32. The highest BCUT2D eigenvalue weighted by Crippen LogP contribution is 2.23. The lowest BCUT2D eigenvalue weighted by molar-refractivity contribution is 0.602. The summed E-state index contributed by atoms with van der Waals surface area (Å²) in [6.45, 7) is 3.59. The van der Waals surface area contributed by atoms with Gasteiger partial charge in [-0.2, -0.15) is 11.8 Å². The van der Waals surface area contributed by atoms with Crippen LogP contribution < -0.4 is 0 Å². The molecule has 0 N–H and O–H groups in total. The molecular weight excluding hydrogens is 180 g/mol. The van der Waals surface area contributed by atoms with Crippen molar-refractivity contribution < 1.29 is 8.42 Å².